The highest BCUT2D eigenvalue weighted by Crippen LogP contribution is 2.17. The van der Waals surface area contributed by atoms with Crippen LogP contribution in [0.25, 0.3) is 0 Å². The van der Waals surface area contributed by atoms with Crippen molar-refractivity contribution in [2.24, 2.45) is 0 Å². The molecule has 0 aromatic heterocycles. The molecule has 0 unspecified atom stereocenters. The van der Waals surface area contributed by atoms with Gasteiger partial charge in [-0.15, -0.1) is 11.8 Å². The van der Waals surface area contributed by atoms with Crippen LogP contribution in [0.1, 0.15) is 20.3 Å². The van der Waals surface area contributed by atoms with Crippen molar-refractivity contribution >= 4 is 20.3 Å². The largest absolute Gasteiger partial charge is 0.395 e. The summed E-state index contributed by atoms with van der Waals surface area (Å²) in [5.41, 5.74) is 0. The Bertz CT molecular complexity index is 147. The summed E-state index contributed by atoms with van der Waals surface area (Å²) in [7, 11) is -1.85. The lowest BCUT2D eigenvalue weighted by Crippen LogP contribution is -2.38. The number of rotatable bonds is 9. The van der Waals surface area contributed by atoms with Gasteiger partial charge < -0.3 is 8.85 Å². The Labute approximate surface area is 93.3 Å². The minimum absolute atomic E-state index is 0.761. The molecule has 0 fully saturated rings. The van der Waals surface area contributed by atoms with Gasteiger partial charge in [0.15, 0.2) is 0 Å². The van der Waals surface area contributed by atoms with E-state index in [4.69, 9.17) is 8.85 Å². The summed E-state index contributed by atoms with van der Waals surface area (Å²) in [6, 6.07) is 1.08. The topological polar surface area (TPSA) is 18.5 Å². The summed E-state index contributed by atoms with van der Waals surface area (Å²) in [6.45, 7) is 11.4. The van der Waals surface area contributed by atoms with E-state index in [1.807, 2.05) is 19.3 Å². The highest BCUT2D eigenvalue weighted by Gasteiger charge is 2.29. The molecule has 0 aliphatic rings. The van der Waals surface area contributed by atoms with Gasteiger partial charge in [-0.1, -0.05) is 6.58 Å². The second-order valence-electron chi connectivity index (χ2n) is 3.14. The van der Waals surface area contributed by atoms with Gasteiger partial charge in [0.2, 0.25) is 0 Å². The lowest BCUT2D eigenvalue weighted by atomic mass is 10.6. The average Bonchev–Trinajstić information content (AvgIpc) is 2.13. The Morgan fingerprint density at radius 1 is 1.29 bits per heavy atom. The van der Waals surface area contributed by atoms with Crippen molar-refractivity contribution in [3.63, 3.8) is 0 Å². The van der Waals surface area contributed by atoms with Crippen molar-refractivity contribution in [3.8, 4) is 0 Å². The minimum atomic E-state index is -1.85. The minimum Gasteiger partial charge on any atom is -0.395 e. The lowest BCUT2D eigenvalue weighted by molar-refractivity contribution is 0.189. The Kier molecular flexibility index (Phi) is 8.67. The fraction of sp³-hybridized carbons (Fsp3) is 0.800. The fourth-order valence-corrected chi connectivity index (χ4v) is 4.50. The summed E-state index contributed by atoms with van der Waals surface area (Å²) in [6.07, 6.45) is 1.15. The molecule has 0 spiro atoms. The van der Waals surface area contributed by atoms with Crippen LogP contribution in [-0.2, 0) is 8.85 Å². The van der Waals surface area contributed by atoms with E-state index in [2.05, 4.69) is 13.1 Å². The maximum atomic E-state index is 5.73. The smallest absolute Gasteiger partial charge is 0.334 e. The average molecular weight is 234 g/mol. The van der Waals surface area contributed by atoms with E-state index >= 15 is 0 Å². The molecule has 0 radical (unpaired) electrons. The first kappa shape index (κ1) is 14.2. The lowest BCUT2D eigenvalue weighted by Gasteiger charge is -2.25. The summed E-state index contributed by atoms with van der Waals surface area (Å²) in [5, 5.41) is 1.89. The molecule has 0 atom stereocenters. The number of hydrogen-bond acceptors (Lipinski definition) is 3. The van der Waals surface area contributed by atoms with Crippen molar-refractivity contribution < 1.29 is 8.85 Å². The summed E-state index contributed by atoms with van der Waals surface area (Å²) in [4.78, 5) is 0. The zero-order valence-corrected chi connectivity index (χ0v) is 11.4. The molecule has 0 amide bonds. The highest BCUT2D eigenvalue weighted by atomic mass is 32.2. The second kappa shape index (κ2) is 8.53. The fourth-order valence-electron chi connectivity index (χ4n) is 1.36. The van der Waals surface area contributed by atoms with E-state index in [0.717, 1.165) is 31.4 Å². The maximum Gasteiger partial charge on any atom is 0.334 e. The number of hydrogen-bond donors (Lipinski definition) is 0. The van der Waals surface area contributed by atoms with E-state index in [0.29, 0.717) is 0 Å². The first-order valence-electron chi connectivity index (χ1n) is 5.19. The van der Waals surface area contributed by atoms with Crippen molar-refractivity contribution in [1.29, 1.82) is 0 Å². The first-order valence-corrected chi connectivity index (χ1v) is 8.76. The summed E-state index contributed by atoms with van der Waals surface area (Å²) in [5.74, 6) is 1.12. The maximum absolute atomic E-state index is 5.73. The van der Waals surface area contributed by atoms with Crippen molar-refractivity contribution in [1.82, 2.24) is 0 Å². The zero-order valence-electron chi connectivity index (χ0n) is 9.54. The van der Waals surface area contributed by atoms with Gasteiger partial charge in [0.1, 0.15) is 0 Å². The van der Waals surface area contributed by atoms with Gasteiger partial charge >= 0.3 is 8.56 Å². The monoisotopic (exact) mass is 234 g/mol. The highest BCUT2D eigenvalue weighted by molar-refractivity contribution is 8.02. The first-order chi connectivity index (χ1) is 6.68. The standard InChI is InChI=1S/C10H22O2SSi/c1-5-11-14(4,12-6-2)10-8-9-13-7-3/h7H,3,5-6,8-10H2,1-2,4H3. The van der Waals surface area contributed by atoms with Crippen LogP contribution < -0.4 is 0 Å². The SMILES string of the molecule is C=CSCCC[Si](C)(OCC)OCC. The predicted octanol–water partition coefficient (Wildman–Crippen LogP) is 3.40. The van der Waals surface area contributed by atoms with Crippen LogP contribution in [-0.4, -0.2) is 27.5 Å². The molecule has 14 heavy (non-hydrogen) atoms. The van der Waals surface area contributed by atoms with Gasteiger partial charge in [-0.3, -0.25) is 0 Å². The molecule has 0 aromatic carbocycles. The van der Waals surface area contributed by atoms with Crippen LogP contribution in [0.2, 0.25) is 12.6 Å². The molecule has 0 saturated heterocycles. The number of thioether (sulfide) groups is 1. The molecule has 0 bridgehead atoms. The molecule has 0 saturated carbocycles. The third kappa shape index (κ3) is 6.65. The third-order valence-corrected chi connectivity index (χ3v) is 5.73. The molecule has 0 aliphatic heterocycles. The van der Waals surface area contributed by atoms with Gasteiger partial charge in [0, 0.05) is 13.2 Å². The molecule has 84 valence electrons. The molecular formula is C10H22O2SSi. The van der Waals surface area contributed by atoms with Crippen molar-refractivity contribution in [2.75, 3.05) is 19.0 Å². The molecule has 0 heterocycles. The van der Waals surface area contributed by atoms with E-state index in [1.54, 1.807) is 11.8 Å². The van der Waals surface area contributed by atoms with Gasteiger partial charge in [0.05, 0.1) is 0 Å². The predicted molar refractivity (Wildman–Crippen MR) is 66.9 cm³/mol. The normalized spacial score (nSPS) is 11.6. The van der Waals surface area contributed by atoms with Crippen molar-refractivity contribution in [3.05, 3.63) is 12.0 Å². The molecule has 0 N–H and O–H groups in total. The zero-order chi connectivity index (χ0) is 10.9. The molecule has 0 aliphatic carbocycles. The molecule has 2 nitrogen and oxygen atoms in total. The Morgan fingerprint density at radius 2 is 1.86 bits per heavy atom. The Hall–Kier alpha value is 0.227. The molecule has 0 aromatic rings. The molecule has 4 heteroatoms. The van der Waals surface area contributed by atoms with Crippen LogP contribution in [0.4, 0.5) is 0 Å². The van der Waals surface area contributed by atoms with E-state index < -0.39 is 8.56 Å². The second-order valence-corrected chi connectivity index (χ2v) is 7.56. The van der Waals surface area contributed by atoms with Crippen LogP contribution in [0, 0.1) is 0 Å². The summed E-state index contributed by atoms with van der Waals surface area (Å²) >= 11 is 1.76. The molecule has 0 rings (SSSR count). The van der Waals surface area contributed by atoms with Gasteiger partial charge in [-0.05, 0) is 44.0 Å². The van der Waals surface area contributed by atoms with Crippen LogP contribution >= 0.6 is 11.8 Å². The van der Waals surface area contributed by atoms with E-state index in [-0.39, 0.29) is 0 Å². The van der Waals surface area contributed by atoms with E-state index in [9.17, 15) is 0 Å². The third-order valence-electron chi connectivity index (χ3n) is 1.91. The van der Waals surface area contributed by atoms with Gasteiger partial charge in [-0.25, -0.2) is 0 Å². The van der Waals surface area contributed by atoms with Gasteiger partial charge in [0.25, 0.3) is 0 Å². The quantitative estimate of drug-likeness (QED) is 0.450. The van der Waals surface area contributed by atoms with Crippen LogP contribution in [0.3, 0.4) is 0 Å². The van der Waals surface area contributed by atoms with Crippen LogP contribution in [0.5, 0.6) is 0 Å². The van der Waals surface area contributed by atoms with Gasteiger partial charge in [-0.2, -0.15) is 0 Å². The van der Waals surface area contributed by atoms with Crippen molar-refractivity contribution in [2.45, 2.75) is 32.9 Å². The van der Waals surface area contributed by atoms with Crippen LogP contribution in [0.15, 0.2) is 12.0 Å². The Balaban J connectivity index is 3.76. The summed E-state index contributed by atoms with van der Waals surface area (Å²) < 4.78 is 11.5. The van der Waals surface area contributed by atoms with E-state index in [1.165, 1.54) is 0 Å². The Morgan fingerprint density at radius 3 is 2.29 bits per heavy atom. The molecular weight excluding hydrogens is 212 g/mol.